The lowest BCUT2D eigenvalue weighted by Crippen LogP contribution is -2.38. The second-order valence-electron chi connectivity index (χ2n) is 5.56. The molecule has 0 aliphatic rings. The highest BCUT2D eigenvalue weighted by Gasteiger charge is 2.04. The van der Waals surface area contributed by atoms with Crippen LogP contribution in [0.1, 0.15) is 22.8 Å². The Bertz CT molecular complexity index is 725. The summed E-state index contributed by atoms with van der Waals surface area (Å²) < 4.78 is 0. The molecule has 3 N–H and O–H groups in total. The molecule has 0 aliphatic heterocycles. The van der Waals surface area contributed by atoms with Gasteiger partial charge in [0, 0.05) is 36.3 Å². The van der Waals surface area contributed by atoms with E-state index < -0.39 is 0 Å². The Morgan fingerprint density at radius 2 is 1.85 bits per heavy atom. The summed E-state index contributed by atoms with van der Waals surface area (Å²) in [6, 6.07) is 17.9. The molecule has 0 radical (unpaired) electrons. The molecule has 7 heteroatoms. The molecule has 0 atom stereocenters. The number of carbonyl (C=O) groups is 1. The van der Waals surface area contributed by atoms with Gasteiger partial charge in [-0.05, 0) is 36.8 Å². The topological polar surface area (TPSA) is 65.5 Å². The molecule has 0 aromatic heterocycles. The lowest BCUT2D eigenvalue weighted by Gasteiger charge is -2.11. The van der Waals surface area contributed by atoms with Crippen LogP contribution in [0.5, 0.6) is 0 Å². The molecular formula is C20H27IN4OS. The smallest absolute Gasteiger partial charge is 0.251 e. The fourth-order valence-electron chi connectivity index (χ4n) is 2.32. The van der Waals surface area contributed by atoms with Crippen LogP contribution in [0.25, 0.3) is 0 Å². The van der Waals surface area contributed by atoms with Gasteiger partial charge in [0.2, 0.25) is 0 Å². The number of carbonyl (C=O) groups excluding carboxylic acids is 1. The van der Waals surface area contributed by atoms with E-state index in [1.807, 2.05) is 55.1 Å². The van der Waals surface area contributed by atoms with Crippen LogP contribution >= 0.6 is 35.7 Å². The first-order chi connectivity index (χ1) is 12.7. The predicted octanol–water partition coefficient (Wildman–Crippen LogP) is 3.51. The Balaban J connectivity index is 0.00000364. The summed E-state index contributed by atoms with van der Waals surface area (Å²) in [7, 11) is 1.63. The Kier molecular flexibility index (Phi) is 11.6. The maximum absolute atomic E-state index is 11.7. The molecule has 146 valence electrons. The zero-order valence-corrected chi connectivity index (χ0v) is 18.8. The minimum absolute atomic E-state index is 0. The van der Waals surface area contributed by atoms with Crippen molar-refractivity contribution >= 4 is 47.6 Å². The van der Waals surface area contributed by atoms with E-state index in [9.17, 15) is 4.79 Å². The molecule has 0 fully saturated rings. The van der Waals surface area contributed by atoms with E-state index in [1.54, 1.807) is 13.1 Å². The van der Waals surface area contributed by atoms with Crippen molar-refractivity contribution in [3.05, 3.63) is 65.7 Å². The number of benzene rings is 2. The van der Waals surface area contributed by atoms with Gasteiger partial charge in [0.05, 0.1) is 6.54 Å². The Labute approximate surface area is 182 Å². The molecule has 1 amide bonds. The maximum Gasteiger partial charge on any atom is 0.251 e. The van der Waals surface area contributed by atoms with Crippen molar-refractivity contribution in [2.75, 3.05) is 25.9 Å². The highest BCUT2D eigenvalue weighted by atomic mass is 127. The summed E-state index contributed by atoms with van der Waals surface area (Å²) in [4.78, 5) is 17.6. The van der Waals surface area contributed by atoms with Crippen molar-refractivity contribution < 1.29 is 4.79 Å². The lowest BCUT2D eigenvalue weighted by molar-refractivity contribution is 0.0963. The highest BCUT2D eigenvalue weighted by molar-refractivity contribution is 14.0. The first-order valence-corrected chi connectivity index (χ1v) is 9.72. The van der Waals surface area contributed by atoms with Gasteiger partial charge in [-0.2, -0.15) is 0 Å². The standard InChI is InChI=1S/C20H26N4OS.HI/c1-3-22-20(23-12-13-26-18-10-5-4-6-11-18)24-15-16-8-7-9-17(14-16)19(25)21-2;/h4-11,14H,3,12-13,15H2,1-2H3,(H,21,25)(H2,22,23,24);1H. The fraction of sp³-hybridized carbons (Fsp3) is 0.300. The Morgan fingerprint density at radius 1 is 1.07 bits per heavy atom. The molecule has 0 bridgehead atoms. The first kappa shape index (κ1) is 23.3. The SMILES string of the molecule is CCNC(=NCc1cccc(C(=O)NC)c1)NCCSc1ccccc1.I. The lowest BCUT2D eigenvalue weighted by atomic mass is 10.1. The van der Waals surface area contributed by atoms with E-state index in [0.29, 0.717) is 12.1 Å². The third kappa shape index (κ3) is 8.66. The van der Waals surface area contributed by atoms with Crippen LogP contribution in [0.15, 0.2) is 64.5 Å². The number of hydrogen-bond acceptors (Lipinski definition) is 3. The second-order valence-corrected chi connectivity index (χ2v) is 6.73. The van der Waals surface area contributed by atoms with E-state index in [2.05, 4.69) is 33.1 Å². The van der Waals surface area contributed by atoms with Gasteiger partial charge in [-0.15, -0.1) is 35.7 Å². The van der Waals surface area contributed by atoms with E-state index in [-0.39, 0.29) is 29.9 Å². The highest BCUT2D eigenvalue weighted by Crippen LogP contribution is 2.15. The fourth-order valence-corrected chi connectivity index (χ4v) is 3.11. The molecule has 0 unspecified atom stereocenters. The largest absolute Gasteiger partial charge is 0.357 e. The van der Waals surface area contributed by atoms with Gasteiger partial charge in [-0.25, -0.2) is 4.99 Å². The summed E-state index contributed by atoms with van der Waals surface area (Å²) in [5, 5.41) is 9.24. The van der Waals surface area contributed by atoms with Crippen LogP contribution in [0, 0.1) is 0 Å². The summed E-state index contributed by atoms with van der Waals surface area (Å²) in [6.07, 6.45) is 0. The number of nitrogens with one attached hydrogen (secondary N) is 3. The molecule has 2 rings (SSSR count). The summed E-state index contributed by atoms with van der Waals surface area (Å²) in [6.45, 7) is 4.19. The number of nitrogens with zero attached hydrogens (tertiary/aromatic N) is 1. The average molecular weight is 498 g/mol. The molecule has 0 aliphatic carbocycles. The molecule has 2 aromatic carbocycles. The average Bonchev–Trinajstić information content (AvgIpc) is 2.69. The molecule has 0 spiro atoms. The van der Waals surface area contributed by atoms with Crippen molar-refractivity contribution in [3.63, 3.8) is 0 Å². The Hall–Kier alpha value is -1.74. The number of rotatable bonds is 8. The minimum Gasteiger partial charge on any atom is -0.357 e. The minimum atomic E-state index is -0.0844. The number of amides is 1. The van der Waals surface area contributed by atoms with Crippen LogP contribution in [0.2, 0.25) is 0 Å². The van der Waals surface area contributed by atoms with E-state index in [0.717, 1.165) is 30.4 Å². The van der Waals surface area contributed by atoms with Crippen molar-refractivity contribution in [1.82, 2.24) is 16.0 Å². The van der Waals surface area contributed by atoms with Gasteiger partial charge in [-0.1, -0.05) is 30.3 Å². The molecule has 2 aromatic rings. The third-order valence-corrected chi connectivity index (χ3v) is 4.60. The van der Waals surface area contributed by atoms with Gasteiger partial charge in [0.1, 0.15) is 0 Å². The van der Waals surface area contributed by atoms with Crippen molar-refractivity contribution in [3.8, 4) is 0 Å². The van der Waals surface area contributed by atoms with Crippen LogP contribution in [-0.4, -0.2) is 37.8 Å². The number of aliphatic imine (C=N–C) groups is 1. The monoisotopic (exact) mass is 498 g/mol. The normalized spacial score (nSPS) is 10.7. The number of guanidine groups is 1. The molecule has 5 nitrogen and oxygen atoms in total. The third-order valence-electron chi connectivity index (χ3n) is 3.59. The maximum atomic E-state index is 11.7. The zero-order valence-electron chi connectivity index (χ0n) is 15.7. The van der Waals surface area contributed by atoms with Gasteiger partial charge in [0.25, 0.3) is 5.91 Å². The van der Waals surface area contributed by atoms with Gasteiger partial charge in [0.15, 0.2) is 5.96 Å². The van der Waals surface area contributed by atoms with Gasteiger partial charge >= 0.3 is 0 Å². The van der Waals surface area contributed by atoms with E-state index >= 15 is 0 Å². The quantitative estimate of drug-likeness (QED) is 0.171. The molecular weight excluding hydrogens is 471 g/mol. The van der Waals surface area contributed by atoms with Crippen molar-refractivity contribution in [1.29, 1.82) is 0 Å². The van der Waals surface area contributed by atoms with Crippen molar-refractivity contribution in [2.24, 2.45) is 4.99 Å². The molecule has 0 saturated heterocycles. The van der Waals surface area contributed by atoms with E-state index in [4.69, 9.17) is 0 Å². The van der Waals surface area contributed by atoms with Gasteiger partial charge in [-0.3, -0.25) is 4.79 Å². The first-order valence-electron chi connectivity index (χ1n) is 8.74. The van der Waals surface area contributed by atoms with Gasteiger partial charge < -0.3 is 16.0 Å². The summed E-state index contributed by atoms with van der Waals surface area (Å²) >= 11 is 1.81. The van der Waals surface area contributed by atoms with E-state index in [1.165, 1.54) is 4.90 Å². The number of halogens is 1. The second kappa shape index (κ2) is 13.4. The Morgan fingerprint density at radius 3 is 2.56 bits per heavy atom. The molecule has 27 heavy (non-hydrogen) atoms. The number of thioether (sulfide) groups is 1. The van der Waals surface area contributed by atoms with Crippen LogP contribution < -0.4 is 16.0 Å². The number of hydrogen-bond donors (Lipinski definition) is 3. The van der Waals surface area contributed by atoms with Crippen LogP contribution in [0.3, 0.4) is 0 Å². The molecule has 0 heterocycles. The summed E-state index contributed by atoms with van der Waals surface area (Å²) in [5.41, 5.74) is 1.65. The molecule has 0 saturated carbocycles. The van der Waals surface area contributed by atoms with Crippen LogP contribution in [0.4, 0.5) is 0 Å². The predicted molar refractivity (Wildman–Crippen MR) is 125 cm³/mol. The zero-order chi connectivity index (χ0) is 18.6. The summed E-state index contributed by atoms with van der Waals surface area (Å²) in [5.74, 6) is 1.66. The van der Waals surface area contributed by atoms with Crippen molar-refractivity contribution in [2.45, 2.75) is 18.4 Å². The van der Waals surface area contributed by atoms with Crippen LogP contribution in [-0.2, 0) is 6.54 Å².